The largest absolute Gasteiger partial charge is 0.392 e. The Kier molecular flexibility index (Phi) is 7.81. The van der Waals surface area contributed by atoms with Crippen molar-refractivity contribution < 1.29 is 5.11 Å². The second-order valence-electron chi connectivity index (χ2n) is 3.63. The summed E-state index contributed by atoms with van der Waals surface area (Å²) < 4.78 is 0. The SMILES string of the molecule is CC[C@@H](O)CN(C)C(C)CCSC. The topological polar surface area (TPSA) is 23.5 Å². The minimum Gasteiger partial charge on any atom is -0.392 e. The Hall–Kier alpha value is 0.270. The molecule has 0 aromatic carbocycles. The number of nitrogens with zero attached hydrogens (tertiary/aromatic N) is 1. The lowest BCUT2D eigenvalue weighted by atomic mass is 10.2. The molecule has 0 aliphatic heterocycles. The lowest BCUT2D eigenvalue weighted by Gasteiger charge is -2.26. The van der Waals surface area contributed by atoms with E-state index in [1.54, 1.807) is 0 Å². The molecule has 0 bridgehead atoms. The third-order valence-electron chi connectivity index (χ3n) is 2.46. The Morgan fingerprint density at radius 2 is 2.08 bits per heavy atom. The lowest BCUT2D eigenvalue weighted by Crippen LogP contribution is -2.35. The Labute approximate surface area is 86.7 Å². The van der Waals surface area contributed by atoms with Gasteiger partial charge in [0.25, 0.3) is 0 Å². The van der Waals surface area contributed by atoms with Gasteiger partial charge in [-0.15, -0.1) is 0 Å². The van der Waals surface area contributed by atoms with E-state index in [4.69, 9.17) is 0 Å². The summed E-state index contributed by atoms with van der Waals surface area (Å²) in [4.78, 5) is 2.24. The molecule has 0 radical (unpaired) electrons. The second-order valence-corrected chi connectivity index (χ2v) is 4.62. The smallest absolute Gasteiger partial charge is 0.0664 e. The van der Waals surface area contributed by atoms with Crippen LogP contribution in [0.4, 0.5) is 0 Å². The van der Waals surface area contributed by atoms with E-state index in [0.29, 0.717) is 6.04 Å². The Morgan fingerprint density at radius 1 is 1.46 bits per heavy atom. The average molecular weight is 205 g/mol. The molecule has 2 nitrogen and oxygen atoms in total. The summed E-state index contributed by atoms with van der Waals surface area (Å²) in [5.74, 6) is 1.20. The molecule has 2 atom stereocenters. The first-order valence-electron chi connectivity index (χ1n) is 4.99. The first-order chi connectivity index (χ1) is 6.11. The van der Waals surface area contributed by atoms with Crippen LogP contribution in [0, 0.1) is 0 Å². The lowest BCUT2D eigenvalue weighted by molar-refractivity contribution is 0.104. The summed E-state index contributed by atoms with van der Waals surface area (Å²) in [7, 11) is 2.09. The zero-order chi connectivity index (χ0) is 10.3. The fourth-order valence-corrected chi connectivity index (χ4v) is 1.73. The van der Waals surface area contributed by atoms with Crippen LogP contribution in [0.15, 0.2) is 0 Å². The molecule has 0 aliphatic rings. The summed E-state index contributed by atoms with van der Waals surface area (Å²) in [6, 6.07) is 0.577. The maximum absolute atomic E-state index is 9.46. The van der Waals surface area contributed by atoms with Gasteiger partial charge in [0.05, 0.1) is 6.10 Å². The maximum atomic E-state index is 9.46. The van der Waals surface area contributed by atoms with Crippen molar-refractivity contribution in [1.29, 1.82) is 0 Å². The second kappa shape index (κ2) is 7.65. The highest BCUT2D eigenvalue weighted by Crippen LogP contribution is 2.07. The van der Waals surface area contributed by atoms with Crippen molar-refractivity contribution in [3.05, 3.63) is 0 Å². The van der Waals surface area contributed by atoms with Gasteiger partial charge in [0.2, 0.25) is 0 Å². The van der Waals surface area contributed by atoms with Gasteiger partial charge in [-0.1, -0.05) is 6.92 Å². The van der Waals surface area contributed by atoms with Crippen molar-refractivity contribution >= 4 is 11.8 Å². The number of likely N-dealkylation sites (N-methyl/N-ethyl adjacent to an activating group) is 1. The van der Waals surface area contributed by atoms with Crippen LogP contribution in [-0.2, 0) is 0 Å². The summed E-state index contributed by atoms with van der Waals surface area (Å²) in [6.07, 6.45) is 4.02. The molecule has 0 amide bonds. The first kappa shape index (κ1) is 13.3. The average Bonchev–Trinajstić information content (AvgIpc) is 2.13. The Morgan fingerprint density at radius 3 is 2.54 bits per heavy atom. The summed E-state index contributed by atoms with van der Waals surface area (Å²) >= 11 is 1.88. The normalized spacial score (nSPS) is 16.2. The molecular weight excluding hydrogens is 182 g/mol. The predicted molar refractivity (Wildman–Crippen MR) is 61.4 cm³/mol. The molecule has 1 unspecified atom stereocenters. The van der Waals surface area contributed by atoms with Gasteiger partial charge in [0, 0.05) is 12.6 Å². The van der Waals surface area contributed by atoms with Gasteiger partial charge in [0.15, 0.2) is 0 Å². The molecule has 13 heavy (non-hydrogen) atoms. The Bertz CT molecular complexity index is 121. The van der Waals surface area contributed by atoms with Crippen LogP contribution in [0.2, 0.25) is 0 Å². The van der Waals surface area contributed by atoms with E-state index in [0.717, 1.165) is 13.0 Å². The maximum Gasteiger partial charge on any atom is 0.0664 e. The van der Waals surface area contributed by atoms with Gasteiger partial charge in [-0.05, 0) is 38.8 Å². The molecule has 80 valence electrons. The van der Waals surface area contributed by atoms with Gasteiger partial charge in [-0.25, -0.2) is 0 Å². The van der Waals surface area contributed by atoms with E-state index in [2.05, 4.69) is 25.1 Å². The number of hydrogen-bond donors (Lipinski definition) is 1. The van der Waals surface area contributed by atoms with E-state index < -0.39 is 0 Å². The molecule has 0 heterocycles. The highest BCUT2D eigenvalue weighted by molar-refractivity contribution is 7.98. The van der Waals surface area contributed by atoms with Crippen molar-refractivity contribution in [1.82, 2.24) is 4.90 Å². The fraction of sp³-hybridized carbons (Fsp3) is 1.00. The van der Waals surface area contributed by atoms with Crippen molar-refractivity contribution in [3.63, 3.8) is 0 Å². The van der Waals surface area contributed by atoms with Crippen LogP contribution in [0.5, 0.6) is 0 Å². The van der Waals surface area contributed by atoms with Crippen molar-refractivity contribution in [3.8, 4) is 0 Å². The zero-order valence-electron chi connectivity index (χ0n) is 9.29. The van der Waals surface area contributed by atoms with Crippen molar-refractivity contribution in [2.24, 2.45) is 0 Å². The molecule has 3 heteroatoms. The van der Waals surface area contributed by atoms with E-state index in [9.17, 15) is 5.11 Å². The van der Waals surface area contributed by atoms with Gasteiger partial charge in [-0.3, -0.25) is 0 Å². The minimum absolute atomic E-state index is 0.165. The highest BCUT2D eigenvalue weighted by atomic mass is 32.2. The van der Waals surface area contributed by atoms with Crippen molar-refractivity contribution in [2.75, 3.05) is 25.6 Å². The highest BCUT2D eigenvalue weighted by Gasteiger charge is 2.11. The number of rotatable bonds is 7. The number of aliphatic hydroxyl groups is 1. The standard InChI is InChI=1S/C10H23NOS/c1-5-10(12)8-11(3)9(2)6-7-13-4/h9-10,12H,5-8H2,1-4H3/t9?,10-/m1/s1. The van der Waals surface area contributed by atoms with Crippen LogP contribution in [0.3, 0.4) is 0 Å². The van der Waals surface area contributed by atoms with E-state index in [1.165, 1.54) is 12.2 Å². The van der Waals surface area contributed by atoms with Crippen LogP contribution in [0.1, 0.15) is 26.7 Å². The molecule has 1 N–H and O–H groups in total. The fourth-order valence-electron chi connectivity index (χ4n) is 1.15. The number of hydrogen-bond acceptors (Lipinski definition) is 3. The van der Waals surface area contributed by atoms with Gasteiger partial charge in [-0.2, -0.15) is 11.8 Å². The number of thioether (sulfide) groups is 1. The monoisotopic (exact) mass is 205 g/mol. The van der Waals surface area contributed by atoms with Crippen LogP contribution < -0.4 is 0 Å². The molecule has 0 saturated carbocycles. The first-order valence-corrected chi connectivity index (χ1v) is 6.38. The predicted octanol–water partition coefficient (Wildman–Crippen LogP) is 1.83. The molecule has 0 aliphatic carbocycles. The van der Waals surface area contributed by atoms with E-state index >= 15 is 0 Å². The molecule has 0 saturated heterocycles. The molecule has 0 aromatic heterocycles. The molecule has 0 fully saturated rings. The summed E-state index contributed by atoms with van der Waals surface area (Å²) in [5.41, 5.74) is 0. The zero-order valence-corrected chi connectivity index (χ0v) is 10.1. The summed E-state index contributed by atoms with van der Waals surface area (Å²) in [6.45, 7) is 5.04. The van der Waals surface area contributed by atoms with Gasteiger partial charge >= 0.3 is 0 Å². The van der Waals surface area contributed by atoms with Crippen LogP contribution >= 0.6 is 11.8 Å². The third-order valence-corrected chi connectivity index (χ3v) is 3.11. The van der Waals surface area contributed by atoms with E-state index in [-0.39, 0.29) is 6.10 Å². The quantitative estimate of drug-likeness (QED) is 0.686. The van der Waals surface area contributed by atoms with Gasteiger partial charge < -0.3 is 10.0 Å². The Balaban J connectivity index is 3.61. The molecule has 0 rings (SSSR count). The van der Waals surface area contributed by atoms with Gasteiger partial charge in [0.1, 0.15) is 0 Å². The van der Waals surface area contributed by atoms with Crippen molar-refractivity contribution in [2.45, 2.75) is 38.8 Å². The number of aliphatic hydroxyl groups excluding tert-OH is 1. The summed E-state index contributed by atoms with van der Waals surface area (Å²) in [5, 5.41) is 9.46. The van der Waals surface area contributed by atoms with Crippen LogP contribution in [0.25, 0.3) is 0 Å². The molecule has 0 aromatic rings. The van der Waals surface area contributed by atoms with E-state index in [1.807, 2.05) is 18.7 Å². The minimum atomic E-state index is -0.165. The molecule has 0 spiro atoms. The molecular formula is C10H23NOS. The van der Waals surface area contributed by atoms with Crippen LogP contribution in [-0.4, -0.2) is 47.8 Å². The third kappa shape index (κ3) is 6.36.